The van der Waals surface area contributed by atoms with Gasteiger partial charge in [0.1, 0.15) is 0 Å². The summed E-state index contributed by atoms with van der Waals surface area (Å²) in [6.45, 7) is 0.501. The van der Waals surface area contributed by atoms with E-state index in [9.17, 15) is 14.4 Å². The van der Waals surface area contributed by atoms with Crippen molar-refractivity contribution in [3.8, 4) is 11.3 Å². The van der Waals surface area contributed by atoms with Crippen LogP contribution in [0.3, 0.4) is 0 Å². The minimum atomic E-state index is -0.576. The van der Waals surface area contributed by atoms with Gasteiger partial charge in [-0.1, -0.05) is 60.7 Å². The molecule has 5 rings (SSSR count). The molecule has 1 fully saturated rings. The molecule has 0 atom stereocenters. The van der Waals surface area contributed by atoms with Crippen molar-refractivity contribution in [2.24, 2.45) is 5.92 Å². The second kappa shape index (κ2) is 10.2. The number of ether oxygens (including phenoxy) is 2. The Balaban J connectivity index is 1.37. The van der Waals surface area contributed by atoms with Crippen molar-refractivity contribution in [3.05, 3.63) is 78.4 Å². The van der Waals surface area contributed by atoms with E-state index in [1.807, 2.05) is 66.7 Å². The molecule has 7 nitrogen and oxygen atoms in total. The fourth-order valence-corrected chi connectivity index (χ4v) is 4.76. The average molecular weight is 483 g/mol. The molecule has 1 aliphatic heterocycles. The molecule has 0 aliphatic carbocycles. The molecule has 4 aromatic rings. The van der Waals surface area contributed by atoms with Gasteiger partial charge in [0.05, 0.1) is 29.8 Å². The summed E-state index contributed by atoms with van der Waals surface area (Å²) in [5.74, 6) is -1.30. The van der Waals surface area contributed by atoms with Gasteiger partial charge >= 0.3 is 11.9 Å². The Morgan fingerprint density at radius 2 is 1.61 bits per heavy atom. The molecule has 0 N–H and O–H groups in total. The standard InChI is InChI=1S/C29H26N2O5/c1-35-28(33)20-13-15-31(16-14-20)27(32)18-36-29(34)24-17-26(30-25-12-5-4-10-23(24)25)22-11-6-8-19-7-2-3-9-21(19)22/h2-12,17,20H,13-16,18H2,1H3. The highest BCUT2D eigenvalue weighted by Gasteiger charge is 2.28. The van der Waals surface area contributed by atoms with Crippen molar-refractivity contribution in [2.45, 2.75) is 12.8 Å². The van der Waals surface area contributed by atoms with E-state index in [1.165, 1.54) is 7.11 Å². The second-order valence-corrected chi connectivity index (χ2v) is 8.85. The Morgan fingerprint density at radius 3 is 2.39 bits per heavy atom. The molecule has 0 spiro atoms. The number of methoxy groups -OCH3 is 1. The maximum Gasteiger partial charge on any atom is 0.339 e. The lowest BCUT2D eigenvalue weighted by molar-refractivity contribution is -0.149. The van der Waals surface area contributed by atoms with Crippen LogP contribution in [-0.4, -0.2) is 54.5 Å². The Labute approximate surface area is 208 Å². The topological polar surface area (TPSA) is 85.8 Å². The lowest BCUT2D eigenvalue weighted by Gasteiger charge is -2.30. The van der Waals surface area contributed by atoms with Crippen LogP contribution in [0.4, 0.5) is 0 Å². The third-order valence-corrected chi connectivity index (χ3v) is 6.71. The molecule has 0 saturated carbocycles. The number of pyridine rings is 1. The van der Waals surface area contributed by atoms with Gasteiger partial charge in [-0.25, -0.2) is 9.78 Å². The second-order valence-electron chi connectivity index (χ2n) is 8.85. The van der Waals surface area contributed by atoms with Crippen molar-refractivity contribution < 1.29 is 23.9 Å². The number of carbonyl (C=O) groups excluding carboxylic acids is 3. The zero-order valence-electron chi connectivity index (χ0n) is 20.0. The van der Waals surface area contributed by atoms with Crippen LogP contribution in [0.25, 0.3) is 32.9 Å². The molecule has 0 radical (unpaired) electrons. The Hall–Kier alpha value is -4.26. The molecule has 1 saturated heterocycles. The van der Waals surface area contributed by atoms with Gasteiger partial charge in [0, 0.05) is 24.0 Å². The Bertz CT molecular complexity index is 1450. The van der Waals surface area contributed by atoms with Crippen LogP contribution in [-0.2, 0) is 19.1 Å². The fraction of sp³-hybridized carbons (Fsp3) is 0.241. The SMILES string of the molecule is COC(=O)C1CCN(C(=O)COC(=O)c2cc(-c3cccc4ccccc34)nc3ccccc23)CC1. The molecule has 1 aliphatic rings. The highest BCUT2D eigenvalue weighted by Crippen LogP contribution is 2.31. The first kappa shape index (κ1) is 23.5. The first-order valence-electron chi connectivity index (χ1n) is 12.0. The average Bonchev–Trinajstić information content (AvgIpc) is 2.94. The van der Waals surface area contributed by atoms with Gasteiger partial charge in [-0.2, -0.15) is 0 Å². The lowest BCUT2D eigenvalue weighted by Crippen LogP contribution is -2.42. The molecule has 182 valence electrons. The predicted molar refractivity (Wildman–Crippen MR) is 136 cm³/mol. The van der Waals surface area contributed by atoms with Crippen molar-refractivity contribution in [2.75, 3.05) is 26.8 Å². The molecule has 1 amide bonds. The van der Waals surface area contributed by atoms with Crippen LogP contribution < -0.4 is 0 Å². The van der Waals surface area contributed by atoms with Gasteiger partial charge in [-0.05, 0) is 35.7 Å². The number of para-hydroxylation sites is 1. The van der Waals surface area contributed by atoms with E-state index in [-0.39, 0.29) is 24.4 Å². The van der Waals surface area contributed by atoms with Crippen molar-refractivity contribution in [1.82, 2.24) is 9.88 Å². The van der Waals surface area contributed by atoms with Gasteiger partial charge < -0.3 is 14.4 Å². The molecule has 0 unspecified atom stereocenters. The van der Waals surface area contributed by atoms with Crippen molar-refractivity contribution in [3.63, 3.8) is 0 Å². The minimum Gasteiger partial charge on any atom is -0.469 e. The summed E-state index contributed by atoms with van der Waals surface area (Å²) in [6, 6.07) is 23.1. The minimum absolute atomic E-state index is 0.197. The normalized spacial score (nSPS) is 14.1. The van der Waals surface area contributed by atoms with Gasteiger partial charge in [0.15, 0.2) is 6.61 Å². The van der Waals surface area contributed by atoms with E-state index in [2.05, 4.69) is 0 Å². The van der Waals surface area contributed by atoms with E-state index < -0.39 is 5.97 Å². The molecule has 3 aromatic carbocycles. The number of piperidine rings is 1. The van der Waals surface area contributed by atoms with Crippen LogP contribution in [0.5, 0.6) is 0 Å². The number of fused-ring (bicyclic) bond motifs is 2. The Morgan fingerprint density at radius 1 is 0.917 bits per heavy atom. The van der Waals surface area contributed by atoms with Gasteiger partial charge in [-0.3, -0.25) is 9.59 Å². The molecular weight excluding hydrogens is 456 g/mol. The van der Waals surface area contributed by atoms with Gasteiger partial charge in [0.2, 0.25) is 0 Å². The highest BCUT2D eigenvalue weighted by atomic mass is 16.5. The van der Waals surface area contributed by atoms with E-state index in [0.29, 0.717) is 48.1 Å². The van der Waals surface area contributed by atoms with Gasteiger partial charge in [0.25, 0.3) is 5.91 Å². The van der Waals surface area contributed by atoms with Crippen LogP contribution in [0.15, 0.2) is 72.8 Å². The summed E-state index contributed by atoms with van der Waals surface area (Å²) in [6.07, 6.45) is 1.07. The number of aromatic nitrogens is 1. The van der Waals surface area contributed by atoms with Crippen LogP contribution in [0.2, 0.25) is 0 Å². The summed E-state index contributed by atoms with van der Waals surface area (Å²) in [5, 5.41) is 2.78. The number of amides is 1. The number of benzene rings is 3. The van der Waals surface area contributed by atoms with E-state index >= 15 is 0 Å². The monoisotopic (exact) mass is 482 g/mol. The third-order valence-electron chi connectivity index (χ3n) is 6.71. The molecule has 1 aromatic heterocycles. The number of rotatable bonds is 5. The third kappa shape index (κ3) is 4.64. The quantitative estimate of drug-likeness (QED) is 0.386. The molecule has 36 heavy (non-hydrogen) atoms. The Kier molecular flexibility index (Phi) is 6.62. The van der Waals surface area contributed by atoms with E-state index in [0.717, 1.165) is 16.3 Å². The van der Waals surface area contributed by atoms with Crippen LogP contribution in [0, 0.1) is 5.92 Å². The lowest BCUT2D eigenvalue weighted by atomic mass is 9.97. The van der Waals surface area contributed by atoms with Gasteiger partial charge in [-0.15, -0.1) is 0 Å². The molecule has 7 heteroatoms. The summed E-state index contributed by atoms with van der Waals surface area (Å²) < 4.78 is 10.3. The maximum atomic E-state index is 13.2. The maximum absolute atomic E-state index is 13.2. The van der Waals surface area contributed by atoms with E-state index in [1.54, 1.807) is 11.0 Å². The molecule has 0 bridgehead atoms. The largest absolute Gasteiger partial charge is 0.469 e. The highest BCUT2D eigenvalue weighted by molar-refractivity contribution is 6.06. The summed E-state index contributed by atoms with van der Waals surface area (Å²) in [5.41, 5.74) is 2.61. The predicted octanol–water partition coefficient (Wildman–Crippen LogP) is 4.62. The number of nitrogens with zero attached hydrogens (tertiary/aromatic N) is 2. The summed E-state index contributed by atoms with van der Waals surface area (Å²) >= 11 is 0. The fourth-order valence-electron chi connectivity index (χ4n) is 4.76. The van der Waals surface area contributed by atoms with Crippen LogP contribution in [0.1, 0.15) is 23.2 Å². The van der Waals surface area contributed by atoms with Crippen LogP contribution >= 0.6 is 0 Å². The number of hydrogen-bond donors (Lipinski definition) is 0. The zero-order chi connectivity index (χ0) is 25.1. The number of hydrogen-bond acceptors (Lipinski definition) is 6. The molecule has 2 heterocycles. The summed E-state index contributed by atoms with van der Waals surface area (Å²) in [4.78, 5) is 44.1. The van der Waals surface area contributed by atoms with Crippen molar-refractivity contribution in [1.29, 1.82) is 0 Å². The van der Waals surface area contributed by atoms with E-state index in [4.69, 9.17) is 14.5 Å². The number of likely N-dealkylation sites (tertiary alicyclic amines) is 1. The number of esters is 2. The van der Waals surface area contributed by atoms with Crippen molar-refractivity contribution >= 4 is 39.5 Å². The number of carbonyl (C=O) groups is 3. The molecular formula is C29H26N2O5. The first-order chi connectivity index (χ1) is 17.5. The smallest absolute Gasteiger partial charge is 0.339 e. The first-order valence-corrected chi connectivity index (χ1v) is 12.0. The zero-order valence-corrected chi connectivity index (χ0v) is 20.0. The summed E-state index contributed by atoms with van der Waals surface area (Å²) in [7, 11) is 1.37.